The minimum atomic E-state index is -0.0452. The molecule has 0 bridgehead atoms. The van der Waals surface area contributed by atoms with Crippen LogP contribution in [-0.2, 0) is 20.7 Å². The minimum absolute atomic E-state index is 0.0101. The second kappa shape index (κ2) is 6.80. The summed E-state index contributed by atoms with van der Waals surface area (Å²) >= 11 is 0. The molecule has 0 radical (unpaired) electrons. The first kappa shape index (κ1) is 15.5. The molecule has 1 atom stereocenters. The number of rotatable bonds is 7. The van der Waals surface area contributed by atoms with Crippen LogP contribution in [0.1, 0.15) is 36.8 Å². The topological polar surface area (TPSA) is 47.6 Å². The van der Waals surface area contributed by atoms with E-state index in [2.05, 4.69) is 36.5 Å². The van der Waals surface area contributed by atoms with Crippen molar-refractivity contribution in [1.29, 1.82) is 0 Å². The molecule has 1 N–H and O–H groups in total. The molecule has 1 aromatic carbocycles. The number of hydrogen-bond donors (Lipinski definition) is 1. The van der Waals surface area contributed by atoms with E-state index in [1.807, 2.05) is 0 Å². The normalized spacial score (nSPS) is 22.5. The number of benzene rings is 1. The van der Waals surface area contributed by atoms with Gasteiger partial charge in [-0.15, -0.1) is 0 Å². The van der Waals surface area contributed by atoms with E-state index in [0.717, 1.165) is 38.7 Å². The maximum absolute atomic E-state index is 12.1. The highest BCUT2D eigenvalue weighted by Crippen LogP contribution is 2.39. The second-order valence-electron chi connectivity index (χ2n) is 6.58. The molecule has 4 heteroatoms. The van der Waals surface area contributed by atoms with Crippen LogP contribution in [0.2, 0.25) is 0 Å². The molecule has 0 spiro atoms. The Morgan fingerprint density at radius 3 is 2.91 bits per heavy atom. The highest BCUT2D eigenvalue weighted by Gasteiger charge is 2.44. The number of hydrogen-bond acceptors (Lipinski definition) is 3. The fourth-order valence-electron chi connectivity index (χ4n) is 3.06. The van der Waals surface area contributed by atoms with Gasteiger partial charge in [0.2, 0.25) is 5.91 Å². The summed E-state index contributed by atoms with van der Waals surface area (Å²) in [5, 5.41) is 3.16. The van der Waals surface area contributed by atoms with E-state index in [1.165, 1.54) is 11.1 Å². The lowest BCUT2D eigenvalue weighted by Crippen LogP contribution is -2.41. The van der Waals surface area contributed by atoms with Gasteiger partial charge in [-0.25, -0.2) is 0 Å². The van der Waals surface area contributed by atoms with Crippen molar-refractivity contribution in [3.63, 3.8) is 0 Å². The average Bonchev–Trinajstić information content (AvgIpc) is 3.03. The van der Waals surface area contributed by atoms with Gasteiger partial charge < -0.3 is 14.8 Å². The number of carbonyl (C=O) groups excluding carboxylic acids is 1. The number of aryl methyl sites for hydroxylation is 1. The summed E-state index contributed by atoms with van der Waals surface area (Å²) in [4.78, 5) is 12.1. The van der Waals surface area contributed by atoms with Gasteiger partial charge in [0.15, 0.2) is 0 Å². The van der Waals surface area contributed by atoms with Crippen molar-refractivity contribution in [2.45, 2.75) is 50.7 Å². The number of carbonyl (C=O) groups is 1. The first-order chi connectivity index (χ1) is 10.7. The van der Waals surface area contributed by atoms with E-state index >= 15 is 0 Å². The van der Waals surface area contributed by atoms with E-state index in [1.54, 1.807) is 0 Å². The maximum atomic E-state index is 12.1. The van der Waals surface area contributed by atoms with Crippen molar-refractivity contribution in [3.8, 4) is 0 Å². The quantitative estimate of drug-likeness (QED) is 0.841. The van der Waals surface area contributed by atoms with Gasteiger partial charge in [0.1, 0.15) is 6.61 Å². The van der Waals surface area contributed by atoms with Crippen LogP contribution in [0, 0.1) is 6.92 Å². The first-order valence-electron chi connectivity index (χ1n) is 8.22. The van der Waals surface area contributed by atoms with Crippen LogP contribution < -0.4 is 5.32 Å². The number of amides is 1. The fourth-order valence-corrected chi connectivity index (χ4v) is 3.06. The molecule has 1 aliphatic heterocycles. The molecule has 1 aliphatic carbocycles. The first-order valence-corrected chi connectivity index (χ1v) is 8.22. The lowest BCUT2D eigenvalue weighted by Gasteiger charge is -2.19. The lowest BCUT2D eigenvalue weighted by molar-refractivity contribution is -0.127. The van der Waals surface area contributed by atoms with Gasteiger partial charge in [-0.1, -0.05) is 24.3 Å². The largest absolute Gasteiger partial charge is 0.376 e. The number of ether oxygens (including phenoxy) is 2. The second-order valence-corrected chi connectivity index (χ2v) is 6.58. The fraction of sp³-hybridized carbons (Fsp3) is 0.611. The molecular weight excluding hydrogens is 278 g/mol. The molecule has 0 unspecified atom stereocenters. The van der Waals surface area contributed by atoms with Gasteiger partial charge in [0, 0.05) is 12.1 Å². The summed E-state index contributed by atoms with van der Waals surface area (Å²) in [6.45, 7) is 3.60. The zero-order chi connectivity index (χ0) is 15.4. The Morgan fingerprint density at radius 2 is 2.23 bits per heavy atom. The van der Waals surface area contributed by atoms with Crippen molar-refractivity contribution in [3.05, 3.63) is 35.4 Å². The molecule has 1 aromatic rings. The smallest absolute Gasteiger partial charge is 0.246 e. The van der Waals surface area contributed by atoms with E-state index in [0.29, 0.717) is 6.61 Å². The molecule has 1 heterocycles. The molecule has 0 aromatic heterocycles. The van der Waals surface area contributed by atoms with Gasteiger partial charge in [0.05, 0.1) is 12.7 Å². The van der Waals surface area contributed by atoms with Gasteiger partial charge in [-0.2, -0.15) is 0 Å². The Hall–Kier alpha value is -1.39. The van der Waals surface area contributed by atoms with Crippen LogP contribution in [0.3, 0.4) is 0 Å². The summed E-state index contributed by atoms with van der Waals surface area (Å²) in [7, 11) is 0. The van der Waals surface area contributed by atoms with Gasteiger partial charge in [-0.3, -0.25) is 4.79 Å². The predicted octanol–water partition coefficient (Wildman–Crippen LogP) is 2.38. The summed E-state index contributed by atoms with van der Waals surface area (Å²) in [6, 6.07) is 8.38. The summed E-state index contributed by atoms with van der Waals surface area (Å²) in [5.41, 5.74) is 2.56. The zero-order valence-electron chi connectivity index (χ0n) is 13.3. The molecular formula is C18H25NO3. The average molecular weight is 303 g/mol. The summed E-state index contributed by atoms with van der Waals surface area (Å²) < 4.78 is 11.0. The van der Waals surface area contributed by atoms with E-state index in [9.17, 15) is 4.79 Å². The summed E-state index contributed by atoms with van der Waals surface area (Å²) in [5.74, 6) is -0.0101. The standard InChI is InChI=1S/C18H25NO3/c1-14-5-2-3-6-15(14)11-18(8-9-18)19-17(20)13-21-12-16-7-4-10-22-16/h2-3,5-6,16H,4,7-13H2,1H3,(H,19,20)/t16-/m1/s1. The van der Waals surface area contributed by atoms with Crippen molar-refractivity contribution in [1.82, 2.24) is 5.32 Å². The molecule has 1 amide bonds. The summed E-state index contributed by atoms with van der Waals surface area (Å²) in [6.07, 6.45) is 5.34. The van der Waals surface area contributed by atoms with Gasteiger partial charge in [-0.05, 0) is 50.2 Å². The van der Waals surface area contributed by atoms with Crippen molar-refractivity contribution in [2.75, 3.05) is 19.8 Å². The third-order valence-corrected chi connectivity index (χ3v) is 4.61. The molecule has 120 valence electrons. The van der Waals surface area contributed by atoms with Crippen molar-refractivity contribution < 1.29 is 14.3 Å². The van der Waals surface area contributed by atoms with Gasteiger partial charge in [0.25, 0.3) is 0 Å². The Morgan fingerprint density at radius 1 is 1.41 bits per heavy atom. The van der Waals surface area contributed by atoms with Crippen LogP contribution >= 0.6 is 0 Å². The SMILES string of the molecule is Cc1ccccc1CC1(NC(=O)COC[C@H]2CCCO2)CC1. The molecule has 1 saturated carbocycles. The highest BCUT2D eigenvalue weighted by molar-refractivity contribution is 5.78. The van der Waals surface area contributed by atoms with E-state index < -0.39 is 0 Å². The molecule has 1 saturated heterocycles. The lowest BCUT2D eigenvalue weighted by atomic mass is 9.99. The number of nitrogens with one attached hydrogen (secondary N) is 1. The Labute approximate surface area is 132 Å². The molecule has 2 fully saturated rings. The predicted molar refractivity (Wildman–Crippen MR) is 84.8 cm³/mol. The van der Waals surface area contributed by atoms with Gasteiger partial charge >= 0.3 is 0 Å². The van der Waals surface area contributed by atoms with Crippen molar-refractivity contribution in [2.24, 2.45) is 0 Å². The molecule has 22 heavy (non-hydrogen) atoms. The van der Waals surface area contributed by atoms with E-state index in [4.69, 9.17) is 9.47 Å². The van der Waals surface area contributed by atoms with Crippen LogP contribution in [0.4, 0.5) is 0 Å². The molecule has 4 nitrogen and oxygen atoms in total. The maximum Gasteiger partial charge on any atom is 0.246 e. The molecule has 3 rings (SSSR count). The van der Waals surface area contributed by atoms with Crippen molar-refractivity contribution >= 4 is 5.91 Å². The van der Waals surface area contributed by atoms with Crippen LogP contribution in [0.25, 0.3) is 0 Å². The molecule has 2 aliphatic rings. The third-order valence-electron chi connectivity index (χ3n) is 4.61. The van der Waals surface area contributed by atoms with E-state index in [-0.39, 0.29) is 24.2 Å². The Bertz CT molecular complexity index is 519. The zero-order valence-corrected chi connectivity index (χ0v) is 13.3. The Balaban J connectivity index is 1.43. The van der Waals surface area contributed by atoms with Crippen LogP contribution in [-0.4, -0.2) is 37.4 Å². The monoisotopic (exact) mass is 303 g/mol. The van der Waals surface area contributed by atoms with Crippen LogP contribution in [0.15, 0.2) is 24.3 Å². The third kappa shape index (κ3) is 4.08. The minimum Gasteiger partial charge on any atom is -0.376 e. The van der Waals surface area contributed by atoms with Crippen LogP contribution in [0.5, 0.6) is 0 Å². The highest BCUT2D eigenvalue weighted by atomic mass is 16.5. The Kier molecular flexibility index (Phi) is 4.79.